The number of piperidine rings is 1. The molecule has 2 aromatic carbocycles. The zero-order valence-electron chi connectivity index (χ0n) is 14.8. The Morgan fingerprint density at radius 1 is 1.04 bits per heavy atom. The van der Waals surface area contributed by atoms with Crippen LogP contribution in [0.2, 0.25) is 0 Å². The number of aliphatic carboxylic acids is 1. The average molecular weight is 388 g/mol. The van der Waals surface area contributed by atoms with Gasteiger partial charge >= 0.3 is 5.97 Å². The molecule has 2 N–H and O–H groups in total. The maximum absolute atomic E-state index is 13.8. The van der Waals surface area contributed by atoms with Crippen LogP contribution in [0.15, 0.2) is 42.5 Å². The largest absolute Gasteiger partial charge is 0.480 e. The number of carboxylic acids is 1. The van der Waals surface area contributed by atoms with E-state index in [4.69, 9.17) is 0 Å². The lowest BCUT2D eigenvalue weighted by molar-refractivity contribution is -0.143. The lowest BCUT2D eigenvalue weighted by Gasteiger charge is -2.33. The summed E-state index contributed by atoms with van der Waals surface area (Å²) in [6.45, 7) is 0.326. The van der Waals surface area contributed by atoms with Gasteiger partial charge in [0.05, 0.1) is 0 Å². The molecule has 6 nitrogen and oxygen atoms in total. The Labute approximate surface area is 159 Å². The number of rotatable bonds is 4. The van der Waals surface area contributed by atoms with E-state index in [1.807, 2.05) is 0 Å². The van der Waals surface area contributed by atoms with Gasteiger partial charge in [-0.2, -0.15) is 0 Å². The number of carbonyl (C=O) groups is 3. The van der Waals surface area contributed by atoms with Gasteiger partial charge in [0, 0.05) is 17.8 Å². The zero-order chi connectivity index (χ0) is 20.3. The molecule has 0 aromatic heterocycles. The number of halogens is 2. The van der Waals surface area contributed by atoms with Crippen molar-refractivity contribution >= 4 is 23.5 Å². The van der Waals surface area contributed by atoms with Gasteiger partial charge in [0.1, 0.15) is 23.2 Å². The van der Waals surface area contributed by atoms with Crippen LogP contribution in [0.1, 0.15) is 40.0 Å². The molecule has 0 saturated carbocycles. The minimum Gasteiger partial charge on any atom is -0.480 e. The van der Waals surface area contributed by atoms with Crippen LogP contribution in [0.25, 0.3) is 0 Å². The van der Waals surface area contributed by atoms with Gasteiger partial charge < -0.3 is 15.3 Å². The van der Waals surface area contributed by atoms with Gasteiger partial charge in [-0.15, -0.1) is 0 Å². The van der Waals surface area contributed by atoms with Gasteiger partial charge in [-0.25, -0.2) is 13.6 Å². The number of carboxylic acid groups (broad SMARTS) is 1. The molecule has 1 atom stereocenters. The van der Waals surface area contributed by atoms with E-state index in [0.29, 0.717) is 19.4 Å². The third-order valence-electron chi connectivity index (χ3n) is 4.61. The predicted octanol–water partition coefficient (Wildman–Crippen LogP) is 3.30. The van der Waals surface area contributed by atoms with Crippen LogP contribution in [-0.2, 0) is 4.79 Å². The van der Waals surface area contributed by atoms with E-state index in [2.05, 4.69) is 5.32 Å². The average Bonchev–Trinajstić information content (AvgIpc) is 2.67. The minimum atomic E-state index is -1.06. The Balaban J connectivity index is 1.81. The van der Waals surface area contributed by atoms with E-state index in [9.17, 15) is 28.3 Å². The minimum absolute atomic E-state index is 0.169. The second-order valence-corrected chi connectivity index (χ2v) is 6.48. The number of carbonyl (C=O) groups excluding carboxylic acids is 2. The summed E-state index contributed by atoms with van der Waals surface area (Å²) in [5.74, 6) is -4.51. The summed E-state index contributed by atoms with van der Waals surface area (Å²) in [6.07, 6.45) is 1.81. The molecule has 0 spiro atoms. The van der Waals surface area contributed by atoms with Crippen molar-refractivity contribution in [3.05, 3.63) is 65.2 Å². The summed E-state index contributed by atoms with van der Waals surface area (Å²) in [5.41, 5.74) is -0.372. The third-order valence-corrected chi connectivity index (χ3v) is 4.61. The van der Waals surface area contributed by atoms with Crippen LogP contribution >= 0.6 is 0 Å². The standard InChI is InChI=1S/C20H18F2N2O4/c21-14-7-4-8-15(22)17(14)18(25)23-13-6-3-5-12(11-13)19(26)24-10-2-1-9-16(24)20(27)28/h3-8,11,16H,1-2,9-10H2,(H,23,25)(H,27,28). The first-order valence-corrected chi connectivity index (χ1v) is 8.77. The molecule has 1 fully saturated rings. The smallest absolute Gasteiger partial charge is 0.326 e. The topological polar surface area (TPSA) is 86.7 Å². The van der Waals surface area contributed by atoms with Crippen molar-refractivity contribution in [3.8, 4) is 0 Å². The zero-order valence-corrected chi connectivity index (χ0v) is 14.8. The fourth-order valence-electron chi connectivity index (χ4n) is 3.24. The molecule has 1 saturated heterocycles. The highest BCUT2D eigenvalue weighted by Gasteiger charge is 2.32. The van der Waals surface area contributed by atoms with Gasteiger partial charge in [-0.05, 0) is 49.6 Å². The normalized spacial score (nSPS) is 16.5. The fraction of sp³-hybridized carbons (Fsp3) is 0.250. The lowest BCUT2D eigenvalue weighted by atomic mass is 10.0. The number of nitrogens with zero attached hydrogens (tertiary/aromatic N) is 1. The molecule has 28 heavy (non-hydrogen) atoms. The first-order chi connectivity index (χ1) is 13.4. The van der Waals surface area contributed by atoms with Crippen molar-refractivity contribution < 1.29 is 28.3 Å². The highest BCUT2D eigenvalue weighted by molar-refractivity contribution is 6.05. The van der Waals surface area contributed by atoms with E-state index < -0.39 is 41.0 Å². The van der Waals surface area contributed by atoms with Gasteiger partial charge in [0.25, 0.3) is 11.8 Å². The Morgan fingerprint density at radius 3 is 2.39 bits per heavy atom. The van der Waals surface area contributed by atoms with Crippen molar-refractivity contribution in [2.45, 2.75) is 25.3 Å². The Hall–Kier alpha value is -3.29. The van der Waals surface area contributed by atoms with Crippen LogP contribution < -0.4 is 5.32 Å². The summed E-state index contributed by atoms with van der Waals surface area (Å²) in [7, 11) is 0. The summed E-state index contributed by atoms with van der Waals surface area (Å²) in [5, 5.41) is 11.7. The van der Waals surface area contributed by atoms with Crippen molar-refractivity contribution in [2.75, 3.05) is 11.9 Å². The van der Waals surface area contributed by atoms with E-state index in [1.165, 1.54) is 29.2 Å². The van der Waals surface area contributed by atoms with Gasteiger partial charge in [0.15, 0.2) is 0 Å². The van der Waals surface area contributed by atoms with Crippen molar-refractivity contribution in [2.24, 2.45) is 0 Å². The van der Waals surface area contributed by atoms with Crippen LogP contribution in [0.4, 0.5) is 14.5 Å². The number of hydrogen-bond acceptors (Lipinski definition) is 3. The summed E-state index contributed by atoms with van der Waals surface area (Å²) in [4.78, 5) is 37.7. The highest BCUT2D eigenvalue weighted by atomic mass is 19.1. The molecular formula is C20H18F2N2O4. The molecule has 1 unspecified atom stereocenters. The summed E-state index contributed by atoms with van der Waals surface area (Å²) >= 11 is 0. The maximum Gasteiger partial charge on any atom is 0.326 e. The number of likely N-dealkylation sites (tertiary alicyclic amines) is 1. The SMILES string of the molecule is O=C(Nc1cccc(C(=O)N2CCCCC2C(=O)O)c1)c1c(F)cccc1F. The lowest BCUT2D eigenvalue weighted by Crippen LogP contribution is -2.48. The van der Waals surface area contributed by atoms with Gasteiger partial charge in [-0.1, -0.05) is 12.1 Å². The molecule has 0 bridgehead atoms. The molecule has 3 rings (SSSR count). The van der Waals surface area contributed by atoms with Crippen LogP contribution in [0, 0.1) is 11.6 Å². The molecule has 2 aromatic rings. The van der Waals surface area contributed by atoms with E-state index >= 15 is 0 Å². The Kier molecular flexibility index (Phi) is 5.67. The van der Waals surface area contributed by atoms with Crippen molar-refractivity contribution in [1.82, 2.24) is 4.90 Å². The van der Waals surface area contributed by atoms with Gasteiger partial charge in [0.2, 0.25) is 0 Å². The van der Waals surface area contributed by atoms with E-state index in [0.717, 1.165) is 24.6 Å². The predicted molar refractivity (Wildman–Crippen MR) is 97.1 cm³/mol. The van der Waals surface area contributed by atoms with Gasteiger partial charge in [-0.3, -0.25) is 9.59 Å². The molecule has 146 valence electrons. The molecule has 1 aliphatic rings. The third kappa shape index (κ3) is 4.00. The molecule has 1 heterocycles. The highest BCUT2D eigenvalue weighted by Crippen LogP contribution is 2.22. The van der Waals surface area contributed by atoms with E-state index in [1.54, 1.807) is 0 Å². The van der Waals surface area contributed by atoms with Crippen LogP contribution in [-0.4, -0.2) is 40.4 Å². The summed E-state index contributed by atoms with van der Waals surface area (Å²) in [6, 6.07) is 8.02. The number of nitrogens with one attached hydrogen (secondary N) is 1. The molecule has 0 aliphatic carbocycles. The fourth-order valence-corrected chi connectivity index (χ4v) is 3.24. The van der Waals surface area contributed by atoms with Crippen molar-refractivity contribution in [3.63, 3.8) is 0 Å². The Bertz CT molecular complexity index is 912. The molecule has 8 heteroatoms. The monoisotopic (exact) mass is 388 g/mol. The number of hydrogen-bond donors (Lipinski definition) is 2. The van der Waals surface area contributed by atoms with Crippen LogP contribution in [0.5, 0.6) is 0 Å². The second kappa shape index (κ2) is 8.16. The van der Waals surface area contributed by atoms with Crippen LogP contribution in [0.3, 0.4) is 0 Å². The van der Waals surface area contributed by atoms with E-state index in [-0.39, 0.29) is 11.3 Å². The van der Waals surface area contributed by atoms with Crippen molar-refractivity contribution in [1.29, 1.82) is 0 Å². The summed E-state index contributed by atoms with van der Waals surface area (Å²) < 4.78 is 27.5. The molecule has 0 radical (unpaired) electrons. The quantitative estimate of drug-likeness (QED) is 0.842. The molecule has 2 amide bonds. The first kappa shape index (κ1) is 19.5. The Morgan fingerprint density at radius 2 is 1.71 bits per heavy atom. The second-order valence-electron chi connectivity index (χ2n) is 6.48. The maximum atomic E-state index is 13.8. The number of anilines is 1. The molecule has 1 aliphatic heterocycles. The molecular weight excluding hydrogens is 370 g/mol. The number of amides is 2. The first-order valence-electron chi connectivity index (χ1n) is 8.77. The number of benzene rings is 2.